The van der Waals surface area contributed by atoms with E-state index in [1.54, 1.807) is 0 Å². The van der Waals surface area contributed by atoms with Crippen molar-refractivity contribution in [3.05, 3.63) is 64.2 Å². The molecule has 0 aromatic heterocycles. The normalized spacial score (nSPS) is 22.8. The largest absolute Gasteiger partial charge is 0.494 e. The summed E-state index contributed by atoms with van der Waals surface area (Å²) in [6.07, 6.45) is 2.37. The summed E-state index contributed by atoms with van der Waals surface area (Å²) in [7, 11) is -0.379. The molecule has 1 aliphatic carbocycles. The van der Waals surface area contributed by atoms with E-state index >= 15 is 0 Å². The Hall–Kier alpha value is -2.11. The van der Waals surface area contributed by atoms with Crippen molar-refractivity contribution in [2.75, 3.05) is 0 Å². The van der Waals surface area contributed by atoms with Crippen LogP contribution in [0.1, 0.15) is 96.0 Å². The van der Waals surface area contributed by atoms with Gasteiger partial charge in [-0.1, -0.05) is 58.0 Å². The number of benzene rings is 2. The van der Waals surface area contributed by atoms with Gasteiger partial charge in [-0.05, 0) is 86.5 Å². The third-order valence-electron chi connectivity index (χ3n) is 8.29. The van der Waals surface area contributed by atoms with Crippen LogP contribution in [-0.4, -0.2) is 24.0 Å². The average Bonchev–Trinajstić information content (AvgIpc) is 2.94. The van der Waals surface area contributed by atoms with Gasteiger partial charge in [-0.3, -0.25) is 0 Å². The number of hydrogen-bond donors (Lipinski definition) is 1. The molecule has 1 fully saturated rings. The lowest BCUT2D eigenvalue weighted by atomic mass is 9.62. The molecule has 2 aliphatic rings. The van der Waals surface area contributed by atoms with Gasteiger partial charge in [0.15, 0.2) is 0 Å². The number of hydrazone groups is 1. The Morgan fingerprint density at radius 1 is 0.818 bits per heavy atom. The zero-order valence-electron chi connectivity index (χ0n) is 21.8. The van der Waals surface area contributed by atoms with Crippen LogP contribution in [0, 0.1) is 6.92 Å². The van der Waals surface area contributed by atoms with E-state index in [0.717, 1.165) is 22.3 Å². The number of aryl methyl sites for hydroxylation is 1. The van der Waals surface area contributed by atoms with Crippen LogP contribution in [0.5, 0.6) is 0 Å². The van der Waals surface area contributed by atoms with Crippen molar-refractivity contribution in [2.24, 2.45) is 10.9 Å². The van der Waals surface area contributed by atoms with Gasteiger partial charge in [0.05, 0.1) is 16.9 Å². The highest BCUT2D eigenvalue weighted by Gasteiger charge is 2.51. The van der Waals surface area contributed by atoms with Crippen molar-refractivity contribution >= 4 is 18.3 Å². The minimum atomic E-state index is -0.379. The second-order valence-corrected chi connectivity index (χ2v) is 12.2. The summed E-state index contributed by atoms with van der Waals surface area (Å²) in [5.74, 6) is 5.97. The second-order valence-electron chi connectivity index (χ2n) is 12.2. The maximum Gasteiger partial charge on any atom is 0.494 e. The first-order valence-corrected chi connectivity index (χ1v) is 12.1. The average molecular weight is 446 g/mol. The van der Waals surface area contributed by atoms with Gasteiger partial charge in [0.25, 0.3) is 0 Å². The van der Waals surface area contributed by atoms with Gasteiger partial charge in [-0.2, -0.15) is 5.10 Å². The van der Waals surface area contributed by atoms with E-state index in [4.69, 9.17) is 15.2 Å². The van der Waals surface area contributed by atoms with Crippen LogP contribution in [0.4, 0.5) is 0 Å². The van der Waals surface area contributed by atoms with Crippen molar-refractivity contribution in [1.29, 1.82) is 0 Å². The van der Waals surface area contributed by atoms with E-state index in [0.29, 0.717) is 0 Å². The lowest BCUT2D eigenvalue weighted by Crippen LogP contribution is -2.41. The zero-order valence-corrected chi connectivity index (χ0v) is 21.8. The smallest absolute Gasteiger partial charge is 0.399 e. The molecule has 33 heavy (non-hydrogen) atoms. The predicted octanol–water partition coefficient (Wildman–Crippen LogP) is 5.35. The Morgan fingerprint density at radius 3 is 1.79 bits per heavy atom. The van der Waals surface area contributed by atoms with Crippen LogP contribution in [0.25, 0.3) is 0 Å². The Kier molecular flexibility index (Phi) is 5.62. The van der Waals surface area contributed by atoms with Crippen LogP contribution in [0.3, 0.4) is 0 Å². The Morgan fingerprint density at radius 2 is 1.30 bits per heavy atom. The van der Waals surface area contributed by atoms with Gasteiger partial charge in [-0.15, -0.1) is 0 Å². The molecule has 1 aliphatic heterocycles. The Labute approximate surface area is 200 Å². The quantitative estimate of drug-likeness (QED) is 0.299. The van der Waals surface area contributed by atoms with Crippen molar-refractivity contribution in [3.8, 4) is 0 Å². The summed E-state index contributed by atoms with van der Waals surface area (Å²) in [4.78, 5) is 0. The number of fused-ring (bicyclic) bond motifs is 1. The zero-order chi connectivity index (χ0) is 24.4. The molecule has 0 spiro atoms. The fourth-order valence-corrected chi connectivity index (χ4v) is 5.05. The summed E-state index contributed by atoms with van der Waals surface area (Å²) in [5, 5.41) is 4.25. The number of nitrogens with zero attached hydrogens (tertiary/aromatic N) is 1. The molecule has 1 heterocycles. The molecule has 0 unspecified atom stereocenters. The van der Waals surface area contributed by atoms with E-state index < -0.39 is 0 Å². The molecule has 1 saturated heterocycles. The summed E-state index contributed by atoms with van der Waals surface area (Å²) in [6.45, 7) is 19.9. The Bertz CT molecular complexity index is 1080. The van der Waals surface area contributed by atoms with Gasteiger partial charge in [0.1, 0.15) is 0 Å². The fraction of sp³-hybridized carbons (Fsp3) is 0.536. The second kappa shape index (κ2) is 7.71. The monoisotopic (exact) mass is 446 g/mol. The molecule has 0 amide bonds. The van der Waals surface area contributed by atoms with Crippen molar-refractivity contribution in [1.82, 2.24) is 0 Å². The first-order chi connectivity index (χ1) is 15.2. The molecule has 176 valence electrons. The van der Waals surface area contributed by atoms with Crippen LogP contribution in [-0.2, 0) is 20.1 Å². The van der Waals surface area contributed by atoms with Gasteiger partial charge < -0.3 is 15.2 Å². The molecular weight excluding hydrogens is 407 g/mol. The SMILES string of the molecule is Cc1cc2c(cc1/C(=N\N)c1ccc(B3OC(C)(C)C(C)(C)O3)cc1)C(C)(C)CCC2(C)C. The molecule has 4 nitrogen and oxygen atoms in total. The van der Waals surface area contributed by atoms with Crippen molar-refractivity contribution in [3.63, 3.8) is 0 Å². The van der Waals surface area contributed by atoms with Crippen molar-refractivity contribution < 1.29 is 9.31 Å². The van der Waals surface area contributed by atoms with Crippen LogP contribution in [0.2, 0.25) is 0 Å². The fourth-order valence-electron chi connectivity index (χ4n) is 5.05. The van der Waals surface area contributed by atoms with Crippen LogP contribution in [0.15, 0.2) is 41.5 Å². The minimum Gasteiger partial charge on any atom is -0.399 e. The molecule has 0 atom stereocenters. The highest BCUT2D eigenvalue weighted by atomic mass is 16.7. The van der Waals surface area contributed by atoms with Crippen molar-refractivity contribution in [2.45, 2.75) is 97.2 Å². The number of rotatable bonds is 3. The third kappa shape index (κ3) is 4.04. The molecule has 0 radical (unpaired) electrons. The number of hydrogen-bond acceptors (Lipinski definition) is 4. The lowest BCUT2D eigenvalue weighted by molar-refractivity contribution is 0.00578. The molecule has 4 rings (SSSR count). The predicted molar refractivity (Wildman–Crippen MR) is 138 cm³/mol. The lowest BCUT2D eigenvalue weighted by Gasteiger charge is -2.42. The third-order valence-corrected chi connectivity index (χ3v) is 8.29. The molecule has 0 bridgehead atoms. The summed E-state index contributed by atoms with van der Waals surface area (Å²) in [6, 6.07) is 12.9. The van der Waals surface area contributed by atoms with E-state index in [1.165, 1.54) is 29.5 Å². The van der Waals surface area contributed by atoms with E-state index in [9.17, 15) is 0 Å². The standard InChI is InChI=1S/C28H39BN2O2/c1-18-16-22-23(26(4,5)15-14-25(22,2)3)17-21(18)24(31-30)19-10-12-20(13-11-19)29-32-27(6,7)28(8,9)33-29/h10-13,16-17H,14-15,30H2,1-9H3/b31-24-. The van der Waals surface area contributed by atoms with Crippen LogP contribution >= 0.6 is 0 Å². The first-order valence-electron chi connectivity index (χ1n) is 12.1. The summed E-state index contributed by atoms with van der Waals surface area (Å²) < 4.78 is 12.4. The molecule has 0 saturated carbocycles. The van der Waals surface area contributed by atoms with Crippen LogP contribution < -0.4 is 11.3 Å². The molecular formula is C28H39BN2O2. The maximum absolute atomic E-state index is 6.21. The first kappa shape index (κ1) is 24.0. The summed E-state index contributed by atoms with van der Waals surface area (Å²) >= 11 is 0. The Balaban J connectivity index is 1.69. The highest BCUT2D eigenvalue weighted by Crippen LogP contribution is 2.46. The maximum atomic E-state index is 6.21. The van der Waals surface area contributed by atoms with E-state index in [-0.39, 0.29) is 29.2 Å². The summed E-state index contributed by atoms with van der Waals surface area (Å²) in [5.41, 5.74) is 7.57. The van der Waals surface area contributed by atoms with Gasteiger partial charge in [-0.25, -0.2) is 0 Å². The highest BCUT2D eigenvalue weighted by molar-refractivity contribution is 6.62. The molecule has 2 N–H and O–H groups in total. The number of nitrogens with two attached hydrogens (primary N) is 1. The van der Waals surface area contributed by atoms with Gasteiger partial charge >= 0.3 is 7.12 Å². The van der Waals surface area contributed by atoms with Gasteiger partial charge in [0.2, 0.25) is 0 Å². The topological polar surface area (TPSA) is 56.8 Å². The minimum absolute atomic E-state index is 0.133. The molecule has 2 aromatic rings. The van der Waals surface area contributed by atoms with E-state index in [2.05, 4.69) is 104 Å². The molecule has 2 aromatic carbocycles. The van der Waals surface area contributed by atoms with E-state index in [1.807, 2.05) is 0 Å². The van der Waals surface area contributed by atoms with Gasteiger partial charge in [0, 0.05) is 11.1 Å². The molecule has 5 heteroatoms.